The lowest BCUT2D eigenvalue weighted by Gasteiger charge is -2.24. The summed E-state index contributed by atoms with van der Waals surface area (Å²) in [6.07, 6.45) is 5.00. The van der Waals surface area contributed by atoms with Crippen LogP contribution in [0.25, 0.3) is 0 Å². The quantitative estimate of drug-likeness (QED) is 0.730. The third-order valence-corrected chi connectivity index (χ3v) is 3.07. The molecule has 1 aromatic rings. The second-order valence-electron chi connectivity index (χ2n) is 4.47. The van der Waals surface area contributed by atoms with Gasteiger partial charge in [-0.3, -0.25) is 4.79 Å². The van der Waals surface area contributed by atoms with E-state index in [2.05, 4.69) is 27.5 Å². The van der Waals surface area contributed by atoms with Gasteiger partial charge in [0.1, 0.15) is 24.0 Å². The van der Waals surface area contributed by atoms with Crippen LogP contribution in [0.3, 0.4) is 0 Å². The van der Waals surface area contributed by atoms with Crippen LogP contribution in [0.2, 0.25) is 0 Å². The van der Waals surface area contributed by atoms with Gasteiger partial charge in [0.05, 0.1) is 0 Å². The molecule has 6 nitrogen and oxygen atoms in total. The number of carbonyl (C=O) groups excluding carboxylic acids is 1. The van der Waals surface area contributed by atoms with Gasteiger partial charge in [-0.25, -0.2) is 9.97 Å². The number of aromatic nitrogens is 2. The number of anilines is 2. The zero-order valence-electron chi connectivity index (χ0n) is 10.6. The third-order valence-electron chi connectivity index (χ3n) is 3.07. The van der Waals surface area contributed by atoms with Crippen molar-refractivity contribution < 1.29 is 4.79 Å². The summed E-state index contributed by atoms with van der Waals surface area (Å²) in [5, 5.41) is 6.02. The van der Waals surface area contributed by atoms with E-state index in [0.29, 0.717) is 11.6 Å². The highest BCUT2D eigenvalue weighted by atomic mass is 16.2. The smallest absolute Gasteiger partial charge is 0.242 e. The first-order chi connectivity index (χ1) is 8.72. The zero-order valence-corrected chi connectivity index (χ0v) is 10.6. The van der Waals surface area contributed by atoms with Crippen molar-refractivity contribution in [2.75, 3.05) is 17.6 Å². The second kappa shape index (κ2) is 5.66. The molecule has 6 heteroatoms. The third kappa shape index (κ3) is 2.69. The molecular weight excluding hydrogens is 230 g/mol. The van der Waals surface area contributed by atoms with Gasteiger partial charge in [0.15, 0.2) is 0 Å². The van der Waals surface area contributed by atoms with Crippen LogP contribution in [0, 0.1) is 0 Å². The Morgan fingerprint density at radius 3 is 3.11 bits per heavy atom. The number of rotatable bonds is 4. The van der Waals surface area contributed by atoms with Gasteiger partial charge in [0.25, 0.3) is 0 Å². The molecule has 0 radical (unpaired) electrons. The molecule has 0 saturated carbocycles. The number of carbonyl (C=O) groups is 1. The molecule has 0 aliphatic carbocycles. The molecule has 0 bridgehead atoms. The number of hydrogen-bond acceptors (Lipinski definition) is 5. The summed E-state index contributed by atoms with van der Waals surface area (Å²) >= 11 is 0. The van der Waals surface area contributed by atoms with Gasteiger partial charge in [-0.05, 0) is 19.3 Å². The topological polar surface area (TPSA) is 92.9 Å². The van der Waals surface area contributed by atoms with Crippen LogP contribution in [0.1, 0.15) is 31.7 Å². The molecule has 1 saturated heterocycles. The number of nitrogens with two attached hydrogens (primary N) is 1. The highest BCUT2D eigenvalue weighted by Gasteiger charge is 2.23. The van der Waals surface area contributed by atoms with Crippen LogP contribution in [0.5, 0.6) is 0 Å². The lowest BCUT2D eigenvalue weighted by molar-refractivity contribution is -0.123. The zero-order chi connectivity index (χ0) is 13.0. The van der Waals surface area contributed by atoms with Crippen molar-refractivity contribution in [3.05, 3.63) is 11.9 Å². The summed E-state index contributed by atoms with van der Waals surface area (Å²) in [5.74, 6) is 1.21. The van der Waals surface area contributed by atoms with Gasteiger partial charge < -0.3 is 16.4 Å². The van der Waals surface area contributed by atoms with Crippen LogP contribution >= 0.6 is 0 Å². The Hall–Kier alpha value is -1.85. The lowest BCUT2D eigenvalue weighted by Crippen LogP contribution is -2.44. The largest absolute Gasteiger partial charge is 0.383 e. The molecule has 4 N–H and O–H groups in total. The standard InChI is InChI=1S/C12H19N5O/c1-2-4-8-10(13)15-7-16-11(8)17-9-5-3-6-14-12(9)18/h7,9H,2-6H2,1H3,(H,14,18)(H3,13,15,16,17). The Balaban J connectivity index is 2.17. The number of nitrogens with one attached hydrogen (secondary N) is 2. The fraction of sp³-hybridized carbons (Fsp3) is 0.583. The van der Waals surface area contributed by atoms with E-state index >= 15 is 0 Å². The maximum Gasteiger partial charge on any atom is 0.242 e. The molecule has 2 heterocycles. The monoisotopic (exact) mass is 249 g/mol. The van der Waals surface area contributed by atoms with Crippen molar-refractivity contribution in [2.24, 2.45) is 0 Å². The molecule has 0 spiro atoms. The predicted octanol–water partition coefficient (Wildman–Crippen LogP) is 0.702. The van der Waals surface area contributed by atoms with Crippen molar-refractivity contribution in [1.82, 2.24) is 15.3 Å². The normalized spacial score (nSPS) is 19.4. The first-order valence-electron chi connectivity index (χ1n) is 6.36. The highest BCUT2D eigenvalue weighted by molar-refractivity contribution is 5.85. The van der Waals surface area contributed by atoms with Crippen LogP contribution < -0.4 is 16.4 Å². The van der Waals surface area contributed by atoms with E-state index in [1.807, 2.05) is 0 Å². The lowest BCUT2D eigenvalue weighted by atomic mass is 10.1. The summed E-state index contributed by atoms with van der Waals surface area (Å²) in [5.41, 5.74) is 6.76. The van der Waals surface area contributed by atoms with E-state index in [0.717, 1.165) is 37.8 Å². The molecule has 1 unspecified atom stereocenters. The average molecular weight is 249 g/mol. The summed E-state index contributed by atoms with van der Waals surface area (Å²) in [6.45, 7) is 2.83. The summed E-state index contributed by atoms with van der Waals surface area (Å²) < 4.78 is 0. The Bertz CT molecular complexity index is 434. The van der Waals surface area contributed by atoms with Crippen LogP contribution in [0.4, 0.5) is 11.6 Å². The van der Waals surface area contributed by atoms with Crippen molar-refractivity contribution in [3.63, 3.8) is 0 Å². The van der Waals surface area contributed by atoms with Gasteiger partial charge in [-0.15, -0.1) is 0 Å². The molecule has 0 aromatic carbocycles. The molecule has 18 heavy (non-hydrogen) atoms. The Morgan fingerprint density at radius 1 is 1.56 bits per heavy atom. The maximum absolute atomic E-state index is 11.7. The SMILES string of the molecule is CCCc1c(N)ncnc1NC1CCCNC1=O. The van der Waals surface area contributed by atoms with Gasteiger partial charge in [0.2, 0.25) is 5.91 Å². The molecular formula is C12H19N5O. The Kier molecular flexibility index (Phi) is 3.96. The van der Waals surface area contributed by atoms with Gasteiger partial charge >= 0.3 is 0 Å². The molecule has 98 valence electrons. The highest BCUT2D eigenvalue weighted by Crippen LogP contribution is 2.21. The maximum atomic E-state index is 11.7. The summed E-state index contributed by atoms with van der Waals surface area (Å²) in [4.78, 5) is 19.9. The van der Waals surface area contributed by atoms with Crippen molar-refractivity contribution in [3.8, 4) is 0 Å². The van der Waals surface area contributed by atoms with Crippen molar-refractivity contribution >= 4 is 17.5 Å². The van der Waals surface area contributed by atoms with E-state index in [1.165, 1.54) is 6.33 Å². The van der Waals surface area contributed by atoms with Gasteiger partial charge in [0, 0.05) is 12.1 Å². The minimum absolute atomic E-state index is 0.0286. The van der Waals surface area contributed by atoms with Crippen LogP contribution in [0.15, 0.2) is 6.33 Å². The molecule has 1 aliphatic rings. The molecule has 1 atom stereocenters. The van der Waals surface area contributed by atoms with Gasteiger partial charge in [-0.2, -0.15) is 0 Å². The number of piperidine rings is 1. The first kappa shape index (κ1) is 12.6. The van der Waals surface area contributed by atoms with Crippen LogP contribution in [-0.4, -0.2) is 28.5 Å². The fourth-order valence-electron chi connectivity index (χ4n) is 2.12. The molecule has 1 amide bonds. The molecule has 1 fully saturated rings. The van der Waals surface area contributed by atoms with E-state index < -0.39 is 0 Å². The predicted molar refractivity (Wildman–Crippen MR) is 70.1 cm³/mol. The summed E-state index contributed by atoms with van der Waals surface area (Å²) in [6, 6.07) is -0.219. The van der Waals surface area contributed by atoms with E-state index in [9.17, 15) is 4.79 Å². The molecule has 2 rings (SSSR count). The molecule has 1 aliphatic heterocycles. The number of hydrogen-bond donors (Lipinski definition) is 3. The van der Waals surface area contributed by atoms with E-state index in [4.69, 9.17) is 5.73 Å². The minimum atomic E-state index is -0.219. The van der Waals surface area contributed by atoms with Crippen molar-refractivity contribution in [2.45, 2.75) is 38.6 Å². The average Bonchev–Trinajstić information content (AvgIpc) is 2.36. The van der Waals surface area contributed by atoms with E-state index in [1.54, 1.807) is 0 Å². The van der Waals surface area contributed by atoms with Crippen LogP contribution in [-0.2, 0) is 11.2 Å². The summed E-state index contributed by atoms with van der Waals surface area (Å²) in [7, 11) is 0. The molecule has 1 aromatic heterocycles. The Labute approximate surface area is 106 Å². The van der Waals surface area contributed by atoms with Gasteiger partial charge in [-0.1, -0.05) is 13.3 Å². The Morgan fingerprint density at radius 2 is 2.39 bits per heavy atom. The number of nitrogen functional groups attached to an aromatic ring is 1. The second-order valence-corrected chi connectivity index (χ2v) is 4.47. The minimum Gasteiger partial charge on any atom is -0.383 e. The van der Waals surface area contributed by atoms with Crippen molar-refractivity contribution in [1.29, 1.82) is 0 Å². The first-order valence-corrected chi connectivity index (χ1v) is 6.36. The van der Waals surface area contributed by atoms with E-state index in [-0.39, 0.29) is 11.9 Å². The number of nitrogens with zero attached hydrogens (tertiary/aromatic N) is 2. The number of amides is 1. The fourth-order valence-corrected chi connectivity index (χ4v) is 2.12.